The molecule has 5 heteroatoms. The minimum absolute atomic E-state index is 0.505. The van der Waals surface area contributed by atoms with Gasteiger partial charge in [0.15, 0.2) is 0 Å². The van der Waals surface area contributed by atoms with Crippen LogP contribution in [0.1, 0.15) is 12.5 Å². The molecule has 3 N–H and O–H groups in total. The third-order valence-corrected chi connectivity index (χ3v) is 2.86. The number of nitrogens with one attached hydrogen (secondary N) is 1. The van der Waals surface area contributed by atoms with Gasteiger partial charge in [-0.3, -0.25) is 5.10 Å². The number of rotatable bonds is 3. The molecule has 1 aromatic heterocycles. The van der Waals surface area contributed by atoms with Crippen molar-refractivity contribution in [1.82, 2.24) is 10.2 Å². The number of H-pyrrole nitrogens is 1. The monoisotopic (exact) mass is 251 g/mol. The van der Waals surface area contributed by atoms with Crippen molar-refractivity contribution in [3.8, 4) is 17.0 Å². The number of nitrogens with two attached hydrogens (primary N) is 1. The molecule has 0 spiro atoms. The van der Waals surface area contributed by atoms with Gasteiger partial charge in [-0.1, -0.05) is 11.6 Å². The van der Waals surface area contributed by atoms with Crippen LogP contribution in [0.4, 0.5) is 5.82 Å². The lowest BCUT2D eigenvalue weighted by Gasteiger charge is -2.07. The van der Waals surface area contributed by atoms with Crippen LogP contribution in [0.15, 0.2) is 18.2 Å². The van der Waals surface area contributed by atoms with Crippen LogP contribution >= 0.6 is 11.6 Å². The number of hydrogen-bond donors (Lipinski definition) is 2. The van der Waals surface area contributed by atoms with E-state index in [1.54, 1.807) is 0 Å². The maximum Gasteiger partial charge on any atom is 0.148 e. The number of nitrogens with zero attached hydrogens (tertiary/aromatic N) is 1. The number of aromatic nitrogens is 2. The van der Waals surface area contributed by atoms with E-state index in [9.17, 15) is 0 Å². The van der Waals surface area contributed by atoms with Gasteiger partial charge in [-0.25, -0.2) is 0 Å². The standard InChI is InChI=1S/C12H14ClN3O/c1-3-17-10-5-4-8(6-9(10)13)11-7(2)12(14)16-15-11/h4-6H,3H2,1-2H3,(H3,14,15,16). The third-order valence-electron chi connectivity index (χ3n) is 2.57. The Kier molecular flexibility index (Phi) is 3.24. The van der Waals surface area contributed by atoms with E-state index in [1.807, 2.05) is 32.0 Å². The lowest BCUT2D eigenvalue weighted by Crippen LogP contribution is -1.92. The number of halogens is 1. The first-order valence-electron chi connectivity index (χ1n) is 5.36. The molecule has 0 bridgehead atoms. The molecule has 1 aromatic carbocycles. The van der Waals surface area contributed by atoms with Crippen molar-refractivity contribution in [1.29, 1.82) is 0 Å². The summed E-state index contributed by atoms with van der Waals surface area (Å²) in [5.41, 5.74) is 8.44. The molecular formula is C12H14ClN3O. The van der Waals surface area contributed by atoms with Gasteiger partial charge in [-0.15, -0.1) is 0 Å². The van der Waals surface area contributed by atoms with Crippen molar-refractivity contribution < 1.29 is 4.74 Å². The smallest absolute Gasteiger partial charge is 0.148 e. The first-order chi connectivity index (χ1) is 8.13. The largest absolute Gasteiger partial charge is 0.492 e. The first kappa shape index (κ1) is 11.8. The fourth-order valence-electron chi connectivity index (χ4n) is 1.62. The number of anilines is 1. The molecule has 0 aliphatic rings. The van der Waals surface area contributed by atoms with Gasteiger partial charge in [0.1, 0.15) is 11.6 Å². The lowest BCUT2D eigenvalue weighted by molar-refractivity contribution is 0.340. The molecule has 0 radical (unpaired) electrons. The number of aromatic amines is 1. The summed E-state index contributed by atoms with van der Waals surface area (Å²) in [6.07, 6.45) is 0. The van der Waals surface area contributed by atoms with Crippen molar-refractivity contribution in [2.45, 2.75) is 13.8 Å². The zero-order chi connectivity index (χ0) is 12.4. The van der Waals surface area contributed by atoms with Crippen molar-refractivity contribution in [2.24, 2.45) is 0 Å². The first-order valence-corrected chi connectivity index (χ1v) is 5.74. The molecule has 0 aliphatic carbocycles. The molecule has 90 valence electrons. The maximum atomic E-state index is 6.13. The zero-order valence-electron chi connectivity index (χ0n) is 9.75. The quantitative estimate of drug-likeness (QED) is 0.881. The van der Waals surface area contributed by atoms with Gasteiger partial charge in [0.25, 0.3) is 0 Å². The van der Waals surface area contributed by atoms with E-state index in [4.69, 9.17) is 22.1 Å². The number of benzene rings is 1. The molecule has 0 aliphatic heterocycles. The van der Waals surface area contributed by atoms with Crippen LogP contribution < -0.4 is 10.5 Å². The molecule has 0 atom stereocenters. The van der Waals surface area contributed by atoms with E-state index in [2.05, 4.69) is 10.2 Å². The normalized spacial score (nSPS) is 10.5. The topological polar surface area (TPSA) is 63.9 Å². The molecule has 0 unspecified atom stereocenters. The molecule has 0 fully saturated rings. The van der Waals surface area contributed by atoms with Gasteiger partial charge in [0.2, 0.25) is 0 Å². The summed E-state index contributed by atoms with van der Waals surface area (Å²) in [6.45, 7) is 4.43. The van der Waals surface area contributed by atoms with E-state index in [1.165, 1.54) is 0 Å². The van der Waals surface area contributed by atoms with E-state index < -0.39 is 0 Å². The predicted octanol–water partition coefficient (Wildman–Crippen LogP) is 3.02. The van der Waals surface area contributed by atoms with Gasteiger partial charge < -0.3 is 10.5 Å². The molecular weight excluding hydrogens is 238 g/mol. The predicted molar refractivity (Wildman–Crippen MR) is 69.4 cm³/mol. The second-order valence-electron chi connectivity index (χ2n) is 3.69. The Hall–Kier alpha value is -1.68. The Bertz CT molecular complexity index is 537. The molecule has 2 rings (SSSR count). The zero-order valence-corrected chi connectivity index (χ0v) is 10.5. The minimum atomic E-state index is 0.505. The summed E-state index contributed by atoms with van der Waals surface area (Å²) < 4.78 is 5.38. The Morgan fingerprint density at radius 2 is 2.24 bits per heavy atom. The Morgan fingerprint density at radius 3 is 2.76 bits per heavy atom. The van der Waals surface area contributed by atoms with Gasteiger partial charge >= 0.3 is 0 Å². The van der Waals surface area contributed by atoms with Crippen LogP contribution in [0.3, 0.4) is 0 Å². The fraction of sp³-hybridized carbons (Fsp3) is 0.250. The Labute approximate surface area is 105 Å². The Balaban J connectivity index is 2.41. The summed E-state index contributed by atoms with van der Waals surface area (Å²) in [7, 11) is 0. The van der Waals surface area contributed by atoms with Crippen molar-refractivity contribution in [3.05, 3.63) is 28.8 Å². The van der Waals surface area contributed by atoms with Gasteiger partial charge in [0, 0.05) is 11.1 Å². The fourth-order valence-corrected chi connectivity index (χ4v) is 1.86. The number of ether oxygens (including phenoxy) is 1. The highest BCUT2D eigenvalue weighted by Crippen LogP contribution is 2.31. The van der Waals surface area contributed by atoms with Crippen LogP contribution in [-0.4, -0.2) is 16.8 Å². The molecule has 0 saturated carbocycles. The van der Waals surface area contributed by atoms with E-state index in [0.717, 1.165) is 16.8 Å². The van der Waals surface area contributed by atoms with Crippen LogP contribution in [0.5, 0.6) is 5.75 Å². The van der Waals surface area contributed by atoms with E-state index >= 15 is 0 Å². The van der Waals surface area contributed by atoms with E-state index in [-0.39, 0.29) is 0 Å². The lowest BCUT2D eigenvalue weighted by atomic mass is 10.1. The highest BCUT2D eigenvalue weighted by Gasteiger charge is 2.10. The third kappa shape index (κ3) is 2.22. The average molecular weight is 252 g/mol. The molecule has 0 amide bonds. The average Bonchev–Trinajstić information content (AvgIpc) is 2.63. The number of nitrogen functional groups attached to an aromatic ring is 1. The summed E-state index contributed by atoms with van der Waals surface area (Å²) in [6, 6.07) is 5.61. The van der Waals surface area contributed by atoms with Crippen molar-refractivity contribution >= 4 is 17.4 Å². The second kappa shape index (κ2) is 4.67. The van der Waals surface area contributed by atoms with Crippen molar-refractivity contribution in [3.63, 3.8) is 0 Å². The molecule has 17 heavy (non-hydrogen) atoms. The minimum Gasteiger partial charge on any atom is -0.492 e. The molecule has 4 nitrogen and oxygen atoms in total. The van der Waals surface area contributed by atoms with E-state index in [0.29, 0.717) is 23.2 Å². The van der Waals surface area contributed by atoms with Crippen LogP contribution in [0, 0.1) is 6.92 Å². The Morgan fingerprint density at radius 1 is 1.47 bits per heavy atom. The number of hydrogen-bond acceptors (Lipinski definition) is 3. The van der Waals surface area contributed by atoms with Crippen molar-refractivity contribution in [2.75, 3.05) is 12.3 Å². The molecule has 1 heterocycles. The summed E-state index contributed by atoms with van der Waals surface area (Å²) in [5.74, 6) is 1.19. The highest BCUT2D eigenvalue weighted by atomic mass is 35.5. The maximum absolute atomic E-state index is 6.13. The van der Waals surface area contributed by atoms with Crippen LogP contribution in [0.25, 0.3) is 11.3 Å². The van der Waals surface area contributed by atoms with Crippen LogP contribution in [-0.2, 0) is 0 Å². The molecule has 0 saturated heterocycles. The highest BCUT2D eigenvalue weighted by molar-refractivity contribution is 6.32. The summed E-state index contributed by atoms with van der Waals surface area (Å²) >= 11 is 6.13. The summed E-state index contributed by atoms with van der Waals surface area (Å²) in [5, 5.41) is 7.43. The SMILES string of the molecule is CCOc1ccc(-c2[nH]nc(N)c2C)cc1Cl. The van der Waals surface area contributed by atoms with Gasteiger partial charge in [-0.05, 0) is 32.0 Å². The molecule has 2 aromatic rings. The van der Waals surface area contributed by atoms with Gasteiger partial charge in [0.05, 0.1) is 17.3 Å². The van der Waals surface area contributed by atoms with Gasteiger partial charge in [-0.2, -0.15) is 5.10 Å². The second-order valence-corrected chi connectivity index (χ2v) is 4.09. The van der Waals surface area contributed by atoms with Crippen LogP contribution in [0.2, 0.25) is 5.02 Å². The summed E-state index contributed by atoms with van der Waals surface area (Å²) in [4.78, 5) is 0.